The summed E-state index contributed by atoms with van der Waals surface area (Å²) in [6.07, 6.45) is 2.46. The summed E-state index contributed by atoms with van der Waals surface area (Å²) >= 11 is 3.22. The standard InChI is InChI=1S/C10H10BrN5O3S/c11-8-3-6(10(12)15-17)1-2-9(8)16-20(18,19)7-4-13-14-5-7/h1-5,16-17H,(H2,12,15)(H,13,14). The molecule has 0 saturated heterocycles. The molecule has 5 N–H and O–H groups in total. The number of oxime groups is 1. The third kappa shape index (κ3) is 2.91. The minimum Gasteiger partial charge on any atom is -0.409 e. The Labute approximate surface area is 122 Å². The summed E-state index contributed by atoms with van der Waals surface area (Å²) in [5.74, 6) is -0.0741. The smallest absolute Gasteiger partial charge is 0.265 e. The van der Waals surface area contributed by atoms with E-state index in [-0.39, 0.29) is 10.7 Å². The van der Waals surface area contributed by atoms with Crippen molar-refractivity contribution in [3.63, 3.8) is 0 Å². The summed E-state index contributed by atoms with van der Waals surface area (Å²) in [5, 5.41) is 17.5. The Morgan fingerprint density at radius 2 is 2.25 bits per heavy atom. The number of aromatic nitrogens is 2. The van der Waals surface area contributed by atoms with Gasteiger partial charge in [-0.25, -0.2) is 8.42 Å². The van der Waals surface area contributed by atoms with Gasteiger partial charge in [0.2, 0.25) is 0 Å². The number of H-pyrrole nitrogens is 1. The molecule has 0 atom stereocenters. The highest BCUT2D eigenvalue weighted by atomic mass is 79.9. The van der Waals surface area contributed by atoms with Crippen LogP contribution in [-0.4, -0.2) is 29.7 Å². The van der Waals surface area contributed by atoms with Crippen molar-refractivity contribution in [3.8, 4) is 0 Å². The van der Waals surface area contributed by atoms with Crippen LogP contribution < -0.4 is 10.5 Å². The number of nitrogens with one attached hydrogen (secondary N) is 2. The third-order valence-corrected chi connectivity index (χ3v) is 4.39. The molecule has 0 spiro atoms. The van der Waals surface area contributed by atoms with Gasteiger partial charge in [0.25, 0.3) is 10.0 Å². The van der Waals surface area contributed by atoms with Gasteiger partial charge in [-0.15, -0.1) is 0 Å². The number of aromatic amines is 1. The molecule has 0 aliphatic rings. The molecular formula is C10H10BrN5O3S. The highest BCUT2D eigenvalue weighted by Gasteiger charge is 2.17. The van der Waals surface area contributed by atoms with E-state index in [1.54, 1.807) is 0 Å². The number of sulfonamides is 1. The van der Waals surface area contributed by atoms with E-state index in [1.165, 1.54) is 30.6 Å². The van der Waals surface area contributed by atoms with Gasteiger partial charge in [0.1, 0.15) is 4.90 Å². The van der Waals surface area contributed by atoms with E-state index in [1.807, 2.05) is 0 Å². The number of amidine groups is 1. The van der Waals surface area contributed by atoms with Gasteiger partial charge in [-0.05, 0) is 34.1 Å². The maximum atomic E-state index is 12.0. The molecule has 1 heterocycles. The summed E-state index contributed by atoms with van der Waals surface area (Å²) < 4.78 is 26.9. The van der Waals surface area contributed by atoms with Crippen LogP contribution in [0.1, 0.15) is 5.56 Å². The lowest BCUT2D eigenvalue weighted by Crippen LogP contribution is -2.15. The van der Waals surface area contributed by atoms with Crippen LogP contribution in [0.25, 0.3) is 0 Å². The van der Waals surface area contributed by atoms with Crippen molar-refractivity contribution < 1.29 is 13.6 Å². The molecule has 0 fully saturated rings. The zero-order valence-corrected chi connectivity index (χ0v) is 12.3. The lowest BCUT2D eigenvalue weighted by atomic mass is 10.2. The van der Waals surface area contributed by atoms with Crippen molar-refractivity contribution in [1.29, 1.82) is 0 Å². The quantitative estimate of drug-likeness (QED) is 0.280. The second-order valence-electron chi connectivity index (χ2n) is 3.72. The van der Waals surface area contributed by atoms with Gasteiger partial charge in [0.15, 0.2) is 5.84 Å². The average molecular weight is 360 g/mol. The summed E-state index contributed by atoms with van der Waals surface area (Å²) in [5.41, 5.74) is 6.22. The SMILES string of the molecule is N/C(=N/O)c1ccc(NS(=O)(=O)c2cn[nH]c2)c(Br)c1. The van der Waals surface area contributed by atoms with Gasteiger partial charge < -0.3 is 10.9 Å². The fraction of sp³-hybridized carbons (Fsp3) is 0. The van der Waals surface area contributed by atoms with Crippen LogP contribution in [0.3, 0.4) is 0 Å². The van der Waals surface area contributed by atoms with E-state index in [0.29, 0.717) is 15.7 Å². The predicted octanol–water partition coefficient (Wildman–Crippen LogP) is 1.07. The largest absolute Gasteiger partial charge is 0.409 e. The third-order valence-electron chi connectivity index (χ3n) is 2.40. The Bertz CT molecular complexity index is 742. The van der Waals surface area contributed by atoms with Crippen LogP contribution in [0.2, 0.25) is 0 Å². The molecule has 0 radical (unpaired) electrons. The second kappa shape index (κ2) is 5.51. The number of anilines is 1. The van der Waals surface area contributed by atoms with Gasteiger partial charge >= 0.3 is 0 Å². The highest BCUT2D eigenvalue weighted by molar-refractivity contribution is 9.10. The molecule has 2 rings (SSSR count). The molecule has 0 bridgehead atoms. The maximum absolute atomic E-state index is 12.0. The number of hydrogen-bond donors (Lipinski definition) is 4. The zero-order chi connectivity index (χ0) is 14.8. The molecule has 1 aromatic carbocycles. The minimum absolute atomic E-state index is 0.0184. The van der Waals surface area contributed by atoms with Gasteiger partial charge in [0.05, 0.1) is 11.9 Å². The minimum atomic E-state index is -3.72. The van der Waals surface area contributed by atoms with E-state index in [4.69, 9.17) is 10.9 Å². The van der Waals surface area contributed by atoms with Crippen LogP contribution in [0.5, 0.6) is 0 Å². The number of nitrogens with two attached hydrogens (primary N) is 1. The Morgan fingerprint density at radius 3 is 2.80 bits per heavy atom. The fourth-order valence-corrected chi connectivity index (χ4v) is 3.00. The van der Waals surface area contributed by atoms with Crippen molar-refractivity contribution >= 4 is 37.5 Å². The van der Waals surface area contributed by atoms with Crippen molar-refractivity contribution in [2.45, 2.75) is 4.90 Å². The predicted molar refractivity (Wildman–Crippen MR) is 76.0 cm³/mol. The first-order valence-electron chi connectivity index (χ1n) is 5.23. The molecule has 8 nitrogen and oxygen atoms in total. The second-order valence-corrected chi connectivity index (χ2v) is 6.26. The Balaban J connectivity index is 2.32. The Hall–Kier alpha value is -2.07. The van der Waals surface area contributed by atoms with Crippen molar-refractivity contribution in [2.24, 2.45) is 10.9 Å². The number of halogens is 1. The van der Waals surface area contributed by atoms with Gasteiger partial charge in [0, 0.05) is 16.2 Å². The van der Waals surface area contributed by atoms with E-state index < -0.39 is 10.0 Å². The molecule has 1 aromatic heterocycles. The molecule has 0 aliphatic heterocycles. The van der Waals surface area contributed by atoms with Crippen molar-refractivity contribution in [1.82, 2.24) is 10.2 Å². The molecule has 0 saturated carbocycles. The molecular weight excluding hydrogens is 350 g/mol. The van der Waals surface area contributed by atoms with Gasteiger partial charge in [-0.2, -0.15) is 5.10 Å². The summed E-state index contributed by atoms with van der Waals surface area (Å²) in [4.78, 5) is 0.0184. The Kier molecular flexibility index (Phi) is 3.95. The molecule has 20 heavy (non-hydrogen) atoms. The fourth-order valence-electron chi connectivity index (χ4n) is 1.40. The summed E-state index contributed by atoms with van der Waals surface area (Å²) in [7, 11) is -3.72. The van der Waals surface area contributed by atoms with Crippen LogP contribution >= 0.6 is 15.9 Å². The lowest BCUT2D eigenvalue weighted by molar-refractivity contribution is 0.318. The van der Waals surface area contributed by atoms with E-state index in [9.17, 15) is 8.42 Å². The molecule has 10 heteroatoms. The monoisotopic (exact) mass is 359 g/mol. The lowest BCUT2D eigenvalue weighted by Gasteiger charge is -2.09. The van der Waals surface area contributed by atoms with E-state index >= 15 is 0 Å². The topological polar surface area (TPSA) is 133 Å². The number of benzene rings is 1. The zero-order valence-electron chi connectivity index (χ0n) is 9.91. The normalized spacial score (nSPS) is 12.3. The van der Waals surface area contributed by atoms with Crippen molar-refractivity contribution in [2.75, 3.05) is 4.72 Å². The first-order valence-corrected chi connectivity index (χ1v) is 7.50. The molecule has 2 aromatic rings. The van der Waals surface area contributed by atoms with E-state index in [0.717, 1.165) is 0 Å². The highest BCUT2D eigenvalue weighted by Crippen LogP contribution is 2.26. The van der Waals surface area contributed by atoms with Crippen LogP contribution in [0, 0.1) is 0 Å². The van der Waals surface area contributed by atoms with Gasteiger partial charge in [-0.1, -0.05) is 5.16 Å². The Morgan fingerprint density at radius 1 is 1.50 bits per heavy atom. The summed E-state index contributed by atoms with van der Waals surface area (Å²) in [6.45, 7) is 0. The first-order chi connectivity index (χ1) is 9.44. The number of hydrogen-bond acceptors (Lipinski definition) is 5. The average Bonchev–Trinajstić information content (AvgIpc) is 2.95. The van der Waals surface area contributed by atoms with Crippen LogP contribution in [0.15, 0.2) is 45.1 Å². The maximum Gasteiger partial charge on any atom is 0.265 e. The first kappa shape index (κ1) is 14.3. The molecule has 0 unspecified atom stereocenters. The van der Waals surface area contributed by atoms with E-state index in [2.05, 4.69) is 36.0 Å². The summed E-state index contributed by atoms with van der Waals surface area (Å²) in [6, 6.07) is 4.55. The molecule has 0 amide bonds. The van der Waals surface area contributed by atoms with Crippen molar-refractivity contribution in [3.05, 3.63) is 40.6 Å². The number of rotatable bonds is 4. The molecule has 106 valence electrons. The van der Waals surface area contributed by atoms with Crippen LogP contribution in [-0.2, 0) is 10.0 Å². The van der Waals surface area contributed by atoms with Crippen LogP contribution in [0.4, 0.5) is 5.69 Å². The number of nitrogens with zero attached hydrogens (tertiary/aromatic N) is 2. The van der Waals surface area contributed by atoms with Gasteiger partial charge in [-0.3, -0.25) is 9.82 Å². The molecule has 0 aliphatic carbocycles.